The van der Waals surface area contributed by atoms with Gasteiger partial charge in [-0.1, -0.05) is 42.5 Å². The second kappa shape index (κ2) is 7.59. The number of carbonyl (C=O) groups is 1. The Morgan fingerprint density at radius 3 is 2.53 bits per heavy atom. The third kappa shape index (κ3) is 3.28. The number of anilines is 2. The molecule has 1 amide bonds. The summed E-state index contributed by atoms with van der Waals surface area (Å²) in [6.45, 7) is 4.20. The zero-order valence-corrected chi connectivity index (χ0v) is 16.8. The summed E-state index contributed by atoms with van der Waals surface area (Å²) in [5, 5.41) is 4.42. The van der Waals surface area contributed by atoms with Crippen LogP contribution < -0.4 is 9.80 Å². The molecule has 1 aliphatic heterocycles. The lowest BCUT2D eigenvalue weighted by Gasteiger charge is -2.26. The van der Waals surface area contributed by atoms with Crippen molar-refractivity contribution in [3.05, 3.63) is 83.9 Å². The van der Waals surface area contributed by atoms with Crippen LogP contribution in [0.1, 0.15) is 28.3 Å². The fourth-order valence-corrected chi connectivity index (χ4v) is 3.92. The normalized spacial score (nSPS) is 13.9. The van der Waals surface area contributed by atoms with E-state index < -0.39 is 0 Å². The maximum absolute atomic E-state index is 13.4. The van der Waals surface area contributed by atoms with Crippen molar-refractivity contribution >= 4 is 23.1 Å². The van der Waals surface area contributed by atoms with E-state index in [9.17, 15) is 4.79 Å². The molecule has 0 spiro atoms. The molecule has 7 nitrogen and oxygen atoms in total. The molecule has 4 aromatic rings. The monoisotopic (exact) mass is 398 g/mol. The number of rotatable bonds is 3. The van der Waals surface area contributed by atoms with E-state index in [2.05, 4.69) is 50.3 Å². The van der Waals surface area contributed by atoms with Gasteiger partial charge in [-0.2, -0.15) is 4.98 Å². The number of hydrogen-bond acceptors (Lipinski definition) is 5. The molecule has 2 aromatic heterocycles. The number of fused-ring (bicyclic) bond motifs is 2. The van der Waals surface area contributed by atoms with Crippen LogP contribution in [0, 0.1) is 6.92 Å². The minimum absolute atomic E-state index is 0.170. The van der Waals surface area contributed by atoms with Gasteiger partial charge in [0, 0.05) is 31.5 Å². The molecule has 0 radical (unpaired) electrons. The lowest BCUT2D eigenvalue weighted by atomic mass is 10.1. The minimum Gasteiger partial charge on any atom is -0.365 e. The number of amides is 1. The van der Waals surface area contributed by atoms with E-state index in [0.717, 1.165) is 36.6 Å². The molecule has 0 unspecified atom stereocenters. The van der Waals surface area contributed by atoms with Gasteiger partial charge in [-0.05, 0) is 37.1 Å². The summed E-state index contributed by atoms with van der Waals surface area (Å²) in [5.41, 5.74) is 4.07. The van der Waals surface area contributed by atoms with Crippen molar-refractivity contribution in [2.75, 3.05) is 22.9 Å². The molecule has 0 saturated carbocycles. The van der Waals surface area contributed by atoms with Gasteiger partial charge in [0.15, 0.2) is 0 Å². The van der Waals surface area contributed by atoms with Gasteiger partial charge in [0.25, 0.3) is 11.7 Å². The topological polar surface area (TPSA) is 66.6 Å². The highest BCUT2D eigenvalue weighted by molar-refractivity contribution is 6.06. The second-order valence-corrected chi connectivity index (χ2v) is 7.44. The highest BCUT2D eigenvalue weighted by atomic mass is 16.2. The number of para-hydroxylation sites is 2. The zero-order chi connectivity index (χ0) is 20.5. The fourth-order valence-electron chi connectivity index (χ4n) is 3.92. The van der Waals surface area contributed by atoms with Gasteiger partial charge in [-0.15, -0.1) is 5.10 Å². The number of nitrogens with zero attached hydrogens (tertiary/aromatic N) is 6. The van der Waals surface area contributed by atoms with Crippen molar-refractivity contribution in [1.29, 1.82) is 0 Å². The highest BCUT2D eigenvalue weighted by Gasteiger charge is 2.28. The summed E-state index contributed by atoms with van der Waals surface area (Å²) in [7, 11) is 0. The first-order valence-electron chi connectivity index (χ1n) is 10.1. The molecular formula is C23H22N6O. The third-order valence-electron chi connectivity index (χ3n) is 5.41. The molecule has 150 valence electrons. The number of benzene rings is 2. The van der Waals surface area contributed by atoms with E-state index in [1.165, 1.54) is 5.56 Å². The predicted molar refractivity (Wildman–Crippen MR) is 116 cm³/mol. The fraction of sp³-hybridized carbons (Fsp3) is 0.217. The summed E-state index contributed by atoms with van der Waals surface area (Å²) < 4.78 is 1.61. The number of carbonyl (C=O) groups excluding carboxylic acids is 1. The van der Waals surface area contributed by atoms with Crippen LogP contribution in [0.2, 0.25) is 0 Å². The first kappa shape index (κ1) is 18.3. The summed E-state index contributed by atoms with van der Waals surface area (Å²) in [6.07, 6.45) is 2.54. The van der Waals surface area contributed by atoms with Gasteiger partial charge in [0.2, 0.25) is 5.82 Å². The van der Waals surface area contributed by atoms with Crippen molar-refractivity contribution in [3.8, 4) is 0 Å². The maximum atomic E-state index is 13.4. The van der Waals surface area contributed by atoms with Crippen molar-refractivity contribution in [1.82, 2.24) is 19.6 Å². The average Bonchev–Trinajstić information content (AvgIpc) is 3.14. The number of hydrogen-bond donors (Lipinski definition) is 0. The van der Waals surface area contributed by atoms with Crippen LogP contribution in [-0.4, -0.2) is 38.6 Å². The lowest BCUT2D eigenvalue weighted by Crippen LogP contribution is -2.32. The van der Waals surface area contributed by atoms with Crippen LogP contribution in [0.15, 0.2) is 66.9 Å². The SMILES string of the molecule is Cc1ccnc2nc(C(=O)N3CCCN(Cc4ccccc4)c4ccccc43)nn12. The lowest BCUT2D eigenvalue weighted by molar-refractivity contribution is 0.0977. The first-order chi connectivity index (χ1) is 14.7. The Hall–Kier alpha value is -3.74. The molecule has 0 N–H and O–H groups in total. The summed E-state index contributed by atoms with van der Waals surface area (Å²) in [5.74, 6) is 0.407. The van der Waals surface area contributed by atoms with E-state index in [1.54, 1.807) is 15.6 Å². The van der Waals surface area contributed by atoms with Gasteiger partial charge in [0.1, 0.15) is 0 Å². The van der Waals surface area contributed by atoms with Gasteiger partial charge >= 0.3 is 0 Å². The van der Waals surface area contributed by atoms with Crippen molar-refractivity contribution < 1.29 is 4.79 Å². The second-order valence-electron chi connectivity index (χ2n) is 7.44. The van der Waals surface area contributed by atoms with Gasteiger partial charge < -0.3 is 9.80 Å². The smallest absolute Gasteiger partial charge is 0.298 e. The van der Waals surface area contributed by atoms with Crippen molar-refractivity contribution in [3.63, 3.8) is 0 Å². The minimum atomic E-state index is -0.200. The van der Waals surface area contributed by atoms with E-state index >= 15 is 0 Å². The van der Waals surface area contributed by atoms with E-state index in [1.807, 2.05) is 37.3 Å². The van der Waals surface area contributed by atoms with Crippen LogP contribution in [-0.2, 0) is 6.54 Å². The van der Waals surface area contributed by atoms with Gasteiger partial charge in [-0.3, -0.25) is 4.79 Å². The summed E-state index contributed by atoms with van der Waals surface area (Å²) in [4.78, 5) is 26.1. The Labute approximate surface area is 174 Å². The van der Waals surface area contributed by atoms with Crippen LogP contribution in [0.5, 0.6) is 0 Å². The Morgan fingerprint density at radius 1 is 0.967 bits per heavy atom. The Bertz CT molecular complexity index is 1200. The standard InChI is InChI=1S/C23H22N6O/c1-17-12-13-24-23-25-21(26-29(17)23)22(30)28-15-7-14-27(16-18-8-3-2-4-9-18)19-10-5-6-11-20(19)28/h2-6,8-13H,7,14-16H2,1H3. The quantitative estimate of drug-likeness (QED) is 0.529. The molecule has 0 bridgehead atoms. The summed E-state index contributed by atoms with van der Waals surface area (Å²) >= 11 is 0. The summed E-state index contributed by atoms with van der Waals surface area (Å²) in [6, 6.07) is 20.3. The third-order valence-corrected chi connectivity index (χ3v) is 5.41. The van der Waals surface area contributed by atoms with Gasteiger partial charge in [-0.25, -0.2) is 9.50 Å². The van der Waals surface area contributed by atoms with Crippen LogP contribution in [0.25, 0.3) is 5.78 Å². The molecule has 0 atom stereocenters. The average molecular weight is 398 g/mol. The maximum Gasteiger partial charge on any atom is 0.298 e. The highest BCUT2D eigenvalue weighted by Crippen LogP contribution is 2.33. The molecule has 30 heavy (non-hydrogen) atoms. The first-order valence-corrected chi connectivity index (χ1v) is 10.1. The van der Waals surface area contributed by atoms with Crippen LogP contribution in [0.3, 0.4) is 0 Å². The number of aromatic nitrogens is 4. The molecule has 2 aromatic carbocycles. The van der Waals surface area contributed by atoms with E-state index in [4.69, 9.17) is 0 Å². The Morgan fingerprint density at radius 2 is 1.73 bits per heavy atom. The van der Waals surface area contributed by atoms with Crippen molar-refractivity contribution in [2.24, 2.45) is 0 Å². The van der Waals surface area contributed by atoms with Crippen LogP contribution >= 0.6 is 0 Å². The van der Waals surface area contributed by atoms with Crippen LogP contribution in [0.4, 0.5) is 11.4 Å². The number of aryl methyl sites for hydroxylation is 1. The largest absolute Gasteiger partial charge is 0.365 e. The van der Waals surface area contributed by atoms with E-state index in [0.29, 0.717) is 12.3 Å². The molecular weight excluding hydrogens is 376 g/mol. The Kier molecular flexibility index (Phi) is 4.63. The molecule has 0 fully saturated rings. The predicted octanol–water partition coefficient (Wildman–Crippen LogP) is 3.49. The molecule has 1 aliphatic rings. The molecule has 0 saturated heterocycles. The molecule has 7 heteroatoms. The molecule has 0 aliphatic carbocycles. The van der Waals surface area contributed by atoms with E-state index in [-0.39, 0.29) is 11.7 Å². The molecule has 3 heterocycles. The van der Waals surface area contributed by atoms with Crippen molar-refractivity contribution in [2.45, 2.75) is 19.9 Å². The Balaban J connectivity index is 1.50. The molecule has 5 rings (SSSR count). The van der Waals surface area contributed by atoms with Gasteiger partial charge in [0.05, 0.1) is 11.4 Å². The zero-order valence-electron chi connectivity index (χ0n) is 16.8.